The van der Waals surface area contributed by atoms with Crippen LogP contribution in [-0.2, 0) is 0 Å². The lowest BCUT2D eigenvalue weighted by atomic mass is 9.94. The molecule has 0 radical (unpaired) electrons. The molecule has 26 heavy (non-hydrogen) atoms. The maximum Gasteiger partial charge on any atom is 0.275 e. The van der Waals surface area contributed by atoms with Crippen molar-refractivity contribution >= 4 is 23.2 Å². The summed E-state index contributed by atoms with van der Waals surface area (Å²) in [6, 6.07) is 20.6. The Balaban J connectivity index is 2.04. The van der Waals surface area contributed by atoms with Crippen LogP contribution in [0.3, 0.4) is 0 Å². The van der Waals surface area contributed by atoms with Crippen molar-refractivity contribution in [2.45, 2.75) is 0 Å². The molecule has 3 aromatic rings. The van der Waals surface area contributed by atoms with Crippen LogP contribution in [0.25, 0.3) is 11.1 Å². The van der Waals surface area contributed by atoms with E-state index in [0.29, 0.717) is 28.1 Å². The number of rotatable bonds is 4. The van der Waals surface area contributed by atoms with Gasteiger partial charge in [-0.05, 0) is 35.4 Å². The molecule has 0 aliphatic heterocycles. The van der Waals surface area contributed by atoms with Crippen molar-refractivity contribution in [3.8, 4) is 11.1 Å². The van der Waals surface area contributed by atoms with Gasteiger partial charge in [0.1, 0.15) is 0 Å². The number of para-hydroxylation sites is 2. The number of nitrogen functional groups attached to an aromatic ring is 1. The van der Waals surface area contributed by atoms with Crippen LogP contribution in [0.5, 0.6) is 0 Å². The molecule has 0 atom stereocenters. The zero-order valence-corrected chi connectivity index (χ0v) is 13.8. The molecule has 0 spiro atoms. The number of hydroxylamine groups is 1. The van der Waals surface area contributed by atoms with Gasteiger partial charge in [0.2, 0.25) is 0 Å². The maximum atomic E-state index is 12.8. The lowest BCUT2D eigenvalue weighted by Gasteiger charge is -2.14. The number of anilines is 2. The number of nitrogens with two attached hydrogens (primary N) is 1. The maximum absolute atomic E-state index is 12.8. The molecule has 0 saturated heterocycles. The molecule has 0 fully saturated rings. The zero-order valence-electron chi connectivity index (χ0n) is 13.8. The molecule has 0 aliphatic carbocycles. The summed E-state index contributed by atoms with van der Waals surface area (Å²) in [4.78, 5) is 24.7. The number of nitrogens with one attached hydrogen (secondary N) is 2. The minimum atomic E-state index is -0.650. The number of hydrogen-bond donors (Lipinski definition) is 4. The number of amides is 2. The van der Waals surface area contributed by atoms with Crippen LogP contribution < -0.4 is 16.5 Å². The van der Waals surface area contributed by atoms with Crippen molar-refractivity contribution < 1.29 is 14.8 Å². The van der Waals surface area contributed by atoms with E-state index < -0.39 is 5.91 Å². The number of benzene rings is 3. The van der Waals surface area contributed by atoms with Gasteiger partial charge in [-0.2, -0.15) is 0 Å². The highest BCUT2D eigenvalue weighted by atomic mass is 16.5. The van der Waals surface area contributed by atoms with E-state index in [9.17, 15) is 9.59 Å². The lowest BCUT2D eigenvalue weighted by molar-refractivity contribution is 0.0707. The van der Waals surface area contributed by atoms with Crippen LogP contribution in [0.1, 0.15) is 20.7 Å². The molecule has 0 heterocycles. The molecular weight excluding hydrogens is 330 g/mol. The minimum absolute atomic E-state index is 0.259. The van der Waals surface area contributed by atoms with Gasteiger partial charge in [-0.25, -0.2) is 5.48 Å². The SMILES string of the molecule is Nc1ccccc1NC(=O)c1ccccc1-c1ccccc1C(=O)NO. The van der Waals surface area contributed by atoms with Crippen LogP contribution in [0, 0.1) is 0 Å². The number of carbonyl (C=O) groups is 2. The Hall–Kier alpha value is -3.64. The first-order chi connectivity index (χ1) is 12.6. The third-order valence-electron chi connectivity index (χ3n) is 3.94. The van der Waals surface area contributed by atoms with E-state index in [-0.39, 0.29) is 11.5 Å². The highest BCUT2D eigenvalue weighted by Gasteiger charge is 2.18. The van der Waals surface area contributed by atoms with Gasteiger partial charge in [-0.3, -0.25) is 14.8 Å². The van der Waals surface area contributed by atoms with E-state index in [0.717, 1.165) is 0 Å². The van der Waals surface area contributed by atoms with E-state index in [1.807, 2.05) is 0 Å². The summed E-state index contributed by atoms with van der Waals surface area (Å²) in [7, 11) is 0. The first kappa shape index (κ1) is 17.2. The summed E-state index contributed by atoms with van der Waals surface area (Å²) < 4.78 is 0. The molecule has 0 bridgehead atoms. The second-order valence-electron chi connectivity index (χ2n) is 5.57. The third kappa shape index (κ3) is 3.40. The second kappa shape index (κ2) is 7.50. The van der Waals surface area contributed by atoms with Gasteiger partial charge in [0.25, 0.3) is 11.8 Å². The summed E-state index contributed by atoms with van der Waals surface area (Å²) in [5, 5.41) is 11.8. The fraction of sp³-hybridized carbons (Fsp3) is 0. The van der Waals surface area contributed by atoms with Crippen molar-refractivity contribution in [3.63, 3.8) is 0 Å². The molecule has 3 aromatic carbocycles. The van der Waals surface area contributed by atoms with Gasteiger partial charge in [0, 0.05) is 11.1 Å². The minimum Gasteiger partial charge on any atom is -0.397 e. The Morgan fingerprint density at radius 2 is 1.23 bits per heavy atom. The van der Waals surface area contributed by atoms with Gasteiger partial charge in [0.15, 0.2) is 0 Å². The third-order valence-corrected chi connectivity index (χ3v) is 3.94. The molecule has 6 nitrogen and oxygen atoms in total. The van der Waals surface area contributed by atoms with Crippen LogP contribution >= 0.6 is 0 Å². The van der Waals surface area contributed by atoms with Crippen molar-refractivity contribution in [1.29, 1.82) is 0 Å². The van der Waals surface area contributed by atoms with Crippen LogP contribution in [0.2, 0.25) is 0 Å². The Morgan fingerprint density at radius 1 is 0.731 bits per heavy atom. The molecule has 0 saturated carbocycles. The van der Waals surface area contributed by atoms with Crippen LogP contribution in [0.4, 0.5) is 11.4 Å². The van der Waals surface area contributed by atoms with E-state index in [2.05, 4.69) is 5.32 Å². The first-order valence-corrected chi connectivity index (χ1v) is 7.90. The summed E-state index contributed by atoms with van der Waals surface area (Å²) in [6.07, 6.45) is 0. The van der Waals surface area contributed by atoms with Gasteiger partial charge in [0.05, 0.1) is 11.4 Å². The molecule has 3 rings (SSSR count). The Bertz CT molecular complexity index is 970. The lowest BCUT2D eigenvalue weighted by Crippen LogP contribution is -2.20. The fourth-order valence-electron chi connectivity index (χ4n) is 2.69. The second-order valence-corrected chi connectivity index (χ2v) is 5.57. The average molecular weight is 347 g/mol. The van der Waals surface area contributed by atoms with Crippen LogP contribution in [0.15, 0.2) is 72.8 Å². The van der Waals surface area contributed by atoms with Gasteiger partial charge in [-0.15, -0.1) is 0 Å². The molecule has 0 aliphatic rings. The van der Waals surface area contributed by atoms with Crippen molar-refractivity contribution in [2.24, 2.45) is 0 Å². The quantitative estimate of drug-likeness (QED) is 0.330. The molecule has 0 aromatic heterocycles. The predicted octanol–water partition coefficient (Wildman–Crippen LogP) is 3.31. The molecular formula is C20H17N3O3. The van der Waals surface area contributed by atoms with E-state index in [4.69, 9.17) is 10.9 Å². The standard InChI is InChI=1S/C20H17N3O3/c21-17-11-5-6-12-18(17)22-19(24)15-9-3-1-7-13(15)14-8-2-4-10-16(14)20(25)23-26/h1-12,26H,21H2,(H,22,24)(H,23,25). The van der Waals surface area contributed by atoms with Gasteiger partial charge < -0.3 is 11.1 Å². The first-order valence-electron chi connectivity index (χ1n) is 7.90. The topological polar surface area (TPSA) is 104 Å². The highest BCUT2D eigenvalue weighted by molar-refractivity contribution is 6.11. The molecule has 5 N–H and O–H groups in total. The zero-order chi connectivity index (χ0) is 18.5. The summed E-state index contributed by atoms with van der Waals surface area (Å²) >= 11 is 0. The summed E-state index contributed by atoms with van der Waals surface area (Å²) in [5.74, 6) is -0.999. The summed E-state index contributed by atoms with van der Waals surface area (Å²) in [6.45, 7) is 0. The monoisotopic (exact) mass is 347 g/mol. The Labute approximate surface area is 150 Å². The van der Waals surface area contributed by atoms with Crippen molar-refractivity contribution in [1.82, 2.24) is 5.48 Å². The smallest absolute Gasteiger partial charge is 0.275 e. The Kier molecular flexibility index (Phi) is 4.96. The van der Waals surface area contributed by atoms with Gasteiger partial charge >= 0.3 is 0 Å². The molecule has 130 valence electrons. The Morgan fingerprint density at radius 3 is 1.81 bits per heavy atom. The van der Waals surface area contributed by atoms with Crippen molar-refractivity contribution in [3.05, 3.63) is 83.9 Å². The number of carbonyl (C=O) groups excluding carboxylic acids is 2. The predicted molar refractivity (Wildman–Crippen MR) is 99.9 cm³/mol. The van der Waals surface area contributed by atoms with Crippen LogP contribution in [-0.4, -0.2) is 17.0 Å². The van der Waals surface area contributed by atoms with E-state index in [1.54, 1.807) is 78.3 Å². The fourth-order valence-corrected chi connectivity index (χ4v) is 2.69. The van der Waals surface area contributed by atoms with Crippen molar-refractivity contribution in [2.75, 3.05) is 11.1 Å². The van der Waals surface area contributed by atoms with E-state index in [1.165, 1.54) is 0 Å². The molecule has 0 unspecified atom stereocenters. The summed E-state index contributed by atoms with van der Waals surface area (Å²) in [5.41, 5.74) is 10.2. The van der Waals surface area contributed by atoms with E-state index >= 15 is 0 Å². The number of hydrogen-bond acceptors (Lipinski definition) is 4. The average Bonchev–Trinajstić information content (AvgIpc) is 2.69. The highest BCUT2D eigenvalue weighted by Crippen LogP contribution is 2.28. The van der Waals surface area contributed by atoms with Gasteiger partial charge in [-0.1, -0.05) is 48.5 Å². The largest absolute Gasteiger partial charge is 0.397 e. The molecule has 6 heteroatoms. The normalized spacial score (nSPS) is 10.2. The molecule has 2 amide bonds.